The van der Waals surface area contributed by atoms with Gasteiger partial charge in [-0.05, 0) is 31.0 Å². The molecular formula is C24H20BrF4N5O3S. The average Bonchev–Trinajstić information content (AvgIpc) is 3.57. The first-order chi connectivity index (χ1) is 18.2. The van der Waals surface area contributed by atoms with E-state index < -0.39 is 18.0 Å². The van der Waals surface area contributed by atoms with Crippen molar-refractivity contribution >= 4 is 38.9 Å². The van der Waals surface area contributed by atoms with E-state index in [0.29, 0.717) is 53.8 Å². The van der Waals surface area contributed by atoms with Gasteiger partial charge in [0.05, 0.1) is 10.7 Å². The second kappa shape index (κ2) is 10.9. The molecule has 0 spiro atoms. The minimum Gasteiger partial charge on any atom is -0.466 e. The fraction of sp³-hybridized carbons (Fsp3) is 0.375. The zero-order chi connectivity index (χ0) is 26.9. The molecule has 4 heterocycles. The fourth-order valence-electron chi connectivity index (χ4n) is 4.26. The number of thiazole rings is 1. The van der Waals surface area contributed by atoms with Gasteiger partial charge >= 0.3 is 6.18 Å². The first-order valence-corrected chi connectivity index (χ1v) is 13.3. The molecule has 1 aromatic carbocycles. The van der Waals surface area contributed by atoms with Crippen LogP contribution in [0.1, 0.15) is 53.2 Å². The van der Waals surface area contributed by atoms with Crippen LogP contribution in [0, 0.1) is 5.82 Å². The predicted molar refractivity (Wildman–Crippen MR) is 132 cm³/mol. The first kappa shape index (κ1) is 26.5. The van der Waals surface area contributed by atoms with E-state index in [9.17, 15) is 22.4 Å². The quantitative estimate of drug-likeness (QED) is 0.341. The van der Waals surface area contributed by atoms with Crippen molar-refractivity contribution in [3.05, 3.63) is 68.0 Å². The van der Waals surface area contributed by atoms with Crippen LogP contribution in [0.5, 0.6) is 5.88 Å². The molecule has 8 nitrogen and oxygen atoms in total. The maximum absolute atomic E-state index is 14.3. The van der Waals surface area contributed by atoms with Crippen molar-refractivity contribution < 1.29 is 31.9 Å². The molecule has 200 valence electrons. The summed E-state index contributed by atoms with van der Waals surface area (Å²) in [6, 6.07) is 6.54. The normalized spacial score (nSPS) is 18.3. The van der Waals surface area contributed by atoms with E-state index in [2.05, 4.69) is 31.3 Å². The highest BCUT2D eigenvalue weighted by molar-refractivity contribution is 9.10. The van der Waals surface area contributed by atoms with E-state index >= 15 is 0 Å². The predicted octanol–water partition coefficient (Wildman–Crippen LogP) is 5.50. The van der Waals surface area contributed by atoms with Gasteiger partial charge in [-0.1, -0.05) is 27.2 Å². The van der Waals surface area contributed by atoms with Gasteiger partial charge in [0, 0.05) is 46.9 Å². The van der Waals surface area contributed by atoms with Gasteiger partial charge < -0.3 is 14.5 Å². The Hall–Kier alpha value is -3.13. The van der Waals surface area contributed by atoms with Crippen molar-refractivity contribution in [1.82, 2.24) is 20.1 Å². The van der Waals surface area contributed by atoms with Crippen LogP contribution < -0.4 is 4.74 Å². The number of hydrogen-bond acceptors (Lipinski definition) is 8. The summed E-state index contributed by atoms with van der Waals surface area (Å²) in [5.74, 6) is -0.634. The summed E-state index contributed by atoms with van der Waals surface area (Å²) in [4.78, 5) is 24.4. The van der Waals surface area contributed by atoms with E-state index in [4.69, 9.17) is 14.6 Å². The molecule has 1 atom stereocenters. The van der Waals surface area contributed by atoms with E-state index in [1.807, 2.05) is 5.38 Å². The van der Waals surface area contributed by atoms with Crippen molar-refractivity contribution in [3.8, 4) is 5.88 Å². The van der Waals surface area contributed by atoms with Crippen molar-refractivity contribution in [3.63, 3.8) is 0 Å². The molecule has 0 radical (unpaired) electrons. The van der Waals surface area contributed by atoms with Crippen LogP contribution in [-0.2, 0) is 15.8 Å². The molecule has 0 aliphatic carbocycles. The molecule has 0 bridgehead atoms. The molecule has 0 N–H and O–H groups in total. The zero-order valence-corrected chi connectivity index (χ0v) is 22.0. The van der Waals surface area contributed by atoms with Gasteiger partial charge in [-0.3, -0.25) is 4.79 Å². The van der Waals surface area contributed by atoms with Crippen molar-refractivity contribution in [2.75, 3.05) is 19.7 Å². The monoisotopic (exact) mass is 613 g/mol. The Bertz CT molecular complexity index is 1320. The van der Waals surface area contributed by atoms with Gasteiger partial charge in [0.1, 0.15) is 11.5 Å². The van der Waals surface area contributed by atoms with Crippen LogP contribution in [0.4, 0.5) is 17.6 Å². The molecule has 0 saturated carbocycles. The van der Waals surface area contributed by atoms with E-state index in [1.165, 1.54) is 17.4 Å². The standard InChI is InChI=1S/C24H20BrF4N5O3S/c25-14-2-1-3-15(26)22(14)18-10-16(33-37-18)17-12-38-23(30-17)13-6-8-34(9-7-13)21(35)11-36-20-5-4-19(31-32-20)24(27,28)29/h1-5,12-13,18H,6-11H2. The number of nitrogens with zero attached hydrogens (tertiary/aromatic N) is 5. The van der Waals surface area contributed by atoms with Crippen LogP contribution in [0.25, 0.3) is 0 Å². The number of halogens is 5. The topological polar surface area (TPSA) is 89.8 Å². The highest BCUT2D eigenvalue weighted by Crippen LogP contribution is 2.37. The minimum absolute atomic E-state index is 0.153. The second-order valence-corrected chi connectivity index (χ2v) is 10.5. The number of likely N-dealkylation sites (tertiary alicyclic amines) is 1. The second-order valence-electron chi connectivity index (χ2n) is 8.74. The molecular weight excluding hydrogens is 594 g/mol. The number of carbonyl (C=O) groups is 1. The molecule has 1 amide bonds. The summed E-state index contributed by atoms with van der Waals surface area (Å²) < 4.78 is 57.9. The number of hydrogen-bond donors (Lipinski definition) is 0. The van der Waals surface area contributed by atoms with E-state index in [-0.39, 0.29) is 30.1 Å². The number of piperidine rings is 1. The molecule has 1 unspecified atom stereocenters. The molecule has 2 aliphatic heterocycles. The molecule has 3 aromatic rings. The number of amides is 1. The number of aromatic nitrogens is 3. The van der Waals surface area contributed by atoms with Crippen LogP contribution in [0.2, 0.25) is 0 Å². The van der Waals surface area contributed by atoms with E-state index in [0.717, 1.165) is 17.1 Å². The summed E-state index contributed by atoms with van der Waals surface area (Å²) in [5, 5.41) is 13.4. The maximum atomic E-state index is 14.3. The smallest absolute Gasteiger partial charge is 0.435 e. The molecule has 2 aliphatic rings. The van der Waals surface area contributed by atoms with Crippen LogP contribution in [-0.4, -0.2) is 51.4 Å². The molecule has 14 heteroatoms. The molecule has 1 saturated heterocycles. The van der Waals surface area contributed by atoms with Crippen LogP contribution >= 0.6 is 27.3 Å². The van der Waals surface area contributed by atoms with Crippen molar-refractivity contribution in [2.24, 2.45) is 5.16 Å². The van der Waals surface area contributed by atoms with Gasteiger partial charge in [0.15, 0.2) is 18.4 Å². The Morgan fingerprint density at radius 1 is 1.18 bits per heavy atom. The third kappa shape index (κ3) is 5.80. The lowest BCUT2D eigenvalue weighted by Gasteiger charge is -2.31. The summed E-state index contributed by atoms with van der Waals surface area (Å²) in [5.41, 5.74) is 0.649. The molecule has 38 heavy (non-hydrogen) atoms. The Kier molecular flexibility index (Phi) is 7.61. The van der Waals surface area contributed by atoms with Gasteiger partial charge in [0.25, 0.3) is 5.91 Å². The number of rotatable bonds is 6. The summed E-state index contributed by atoms with van der Waals surface area (Å²) in [6.45, 7) is 0.646. The van der Waals surface area contributed by atoms with Crippen molar-refractivity contribution in [1.29, 1.82) is 0 Å². The Morgan fingerprint density at radius 3 is 2.66 bits per heavy atom. The summed E-state index contributed by atoms with van der Waals surface area (Å²) >= 11 is 4.88. The first-order valence-electron chi connectivity index (χ1n) is 11.6. The lowest BCUT2D eigenvalue weighted by Crippen LogP contribution is -2.40. The van der Waals surface area contributed by atoms with Gasteiger partial charge in [-0.25, -0.2) is 9.37 Å². The van der Waals surface area contributed by atoms with Crippen LogP contribution in [0.3, 0.4) is 0 Å². The Balaban J connectivity index is 1.11. The number of ether oxygens (including phenoxy) is 1. The van der Waals surface area contributed by atoms with Crippen LogP contribution in [0.15, 0.2) is 45.3 Å². The lowest BCUT2D eigenvalue weighted by molar-refractivity contribution is -0.142. The minimum atomic E-state index is -4.59. The summed E-state index contributed by atoms with van der Waals surface area (Å²) in [7, 11) is 0. The lowest BCUT2D eigenvalue weighted by atomic mass is 9.97. The van der Waals surface area contributed by atoms with Gasteiger partial charge in [-0.15, -0.1) is 21.5 Å². The average molecular weight is 614 g/mol. The molecule has 2 aromatic heterocycles. The van der Waals surface area contributed by atoms with E-state index in [1.54, 1.807) is 17.0 Å². The Labute approximate surface area is 226 Å². The fourth-order valence-corrected chi connectivity index (χ4v) is 5.86. The third-order valence-electron chi connectivity index (χ3n) is 6.28. The molecule has 1 fully saturated rings. The largest absolute Gasteiger partial charge is 0.466 e. The highest BCUT2D eigenvalue weighted by atomic mass is 79.9. The molecule has 5 rings (SSSR count). The number of alkyl halides is 3. The SMILES string of the molecule is O=C(COc1ccc(C(F)(F)F)nn1)N1CCC(c2nc(C3=NOC(c4c(F)cccc4Br)C3)cs2)CC1. The van der Waals surface area contributed by atoms with Gasteiger partial charge in [-0.2, -0.15) is 13.2 Å². The zero-order valence-electron chi connectivity index (χ0n) is 19.6. The number of carbonyl (C=O) groups excluding carboxylic acids is 1. The maximum Gasteiger partial charge on any atom is 0.435 e. The van der Waals surface area contributed by atoms with Crippen molar-refractivity contribution in [2.45, 2.75) is 37.5 Å². The summed E-state index contributed by atoms with van der Waals surface area (Å²) in [6.07, 6.45) is -3.32. The number of benzene rings is 1. The van der Waals surface area contributed by atoms with Gasteiger partial charge in [0.2, 0.25) is 5.88 Å². The number of oxime groups is 1. The Morgan fingerprint density at radius 2 is 1.97 bits per heavy atom. The third-order valence-corrected chi connectivity index (χ3v) is 7.98. The highest BCUT2D eigenvalue weighted by Gasteiger charge is 2.33.